The first kappa shape index (κ1) is 14.8. The van der Waals surface area contributed by atoms with E-state index in [1.165, 1.54) is 33.0 Å². The van der Waals surface area contributed by atoms with Crippen LogP contribution in [-0.2, 0) is 0 Å². The second-order valence-corrected chi connectivity index (χ2v) is 6.45. The number of pyridine rings is 1. The van der Waals surface area contributed by atoms with E-state index in [2.05, 4.69) is 63.3 Å². The lowest BCUT2D eigenvalue weighted by Gasteiger charge is -2.21. The summed E-state index contributed by atoms with van der Waals surface area (Å²) in [5.41, 5.74) is 6.37. The molecule has 0 bridgehead atoms. The van der Waals surface area contributed by atoms with Gasteiger partial charge >= 0.3 is 0 Å². The number of hydrogen-bond donors (Lipinski definition) is 1. The minimum Gasteiger partial charge on any atom is -0.365 e. The lowest BCUT2D eigenvalue weighted by Crippen LogP contribution is -2.38. The average Bonchev–Trinajstić information content (AvgIpc) is 2.49. The lowest BCUT2D eigenvalue weighted by molar-refractivity contribution is 0.637. The smallest absolute Gasteiger partial charge is 0.145 e. The van der Waals surface area contributed by atoms with Crippen LogP contribution in [0.2, 0.25) is 0 Å². The highest BCUT2D eigenvalue weighted by Gasteiger charge is 2.16. The average molecular weight is 293 g/mol. The van der Waals surface area contributed by atoms with Crippen molar-refractivity contribution in [3.63, 3.8) is 0 Å². The summed E-state index contributed by atoms with van der Waals surface area (Å²) < 4.78 is 0. The number of aryl methyl sites for hydroxylation is 2. The van der Waals surface area contributed by atoms with Gasteiger partial charge in [0, 0.05) is 17.6 Å². The maximum absolute atomic E-state index is 4.90. The van der Waals surface area contributed by atoms with Gasteiger partial charge in [0.2, 0.25) is 0 Å². The Morgan fingerprint density at radius 3 is 2.59 bits per heavy atom. The summed E-state index contributed by atoms with van der Waals surface area (Å²) in [5.74, 6) is 0.440. The van der Waals surface area contributed by atoms with Crippen molar-refractivity contribution >= 4 is 6.20 Å². The van der Waals surface area contributed by atoms with E-state index >= 15 is 0 Å². The van der Waals surface area contributed by atoms with E-state index < -0.39 is 0 Å². The molecule has 1 aromatic heterocycles. The summed E-state index contributed by atoms with van der Waals surface area (Å²) in [6.45, 7) is 10.8. The van der Waals surface area contributed by atoms with Gasteiger partial charge in [-0.05, 0) is 48.9 Å². The van der Waals surface area contributed by atoms with E-state index in [0.717, 1.165) is 5.36 Å². The Hall–Kier alpha value is -2.16. The molecule has 1 aromatic carbocycles. The highest BCUT2D eigenvalue weighted by molar-refractivity contribution is 5.41. The summed E-state index contributed by atoms with van der Waals surface area (Å²) in [7, 11) is 0. The largest absolute Gasteiger partial charge is 0.365 e. The number of nitrogens with zero attached hydrogens (tertiary/aromatic N) is 2. The monoisotopic (exact) mass is 293 g/mol. The van der Waals surface area contributed by atoms with Crippen LogP contribution < -0.4 is 15.9 Å². The maximum atomic E-state index is 4.90. The van der Waals surface area contributed by atoms with Crippen LogP contribution in [0.4, 0.5) is 0 Å². The van der Waals surface area contributed by atoms with Crippen molar-refractivity contribution in [1.82, 2.24) is 10.3 Å². The molecule has 3 nitrogen and oxygen atoms in total. The van der Waals surface area contributed by atoms with Gasteiger partial charge in [-0.3, -0.25) is 9.98 Å². The van der Waals surface area contributed by atoms with E-state index in [4.69, 9.17) is 4.99 Å². The topological polar surface area (TPSA) is 37.3 Å². The number of benzene rings is 1. The van der Waals surface area contributed by atoms with E-state index in [1.54, 1.807) is 0 Å². The van der Waals surface area contributed by atoms with Crippen molar-refractivity contribution in [2.45, 2.75) is 46.7 Å². The highest BCUT2D eigenvalue weighted by atomic mass is 15.1. The van der Waals surface area contributed by atoms with Crippen molar-refractivity contribution in [3.05, 3.63) is 62.9 Å². The first-order valence-electron chi connectivity index (χ1n) is 7.83. The third kappa shape index (κ3) is 2.52. The molecule has 0 spiro atoms. The van der Waals surface area contributed by atoms with Crippen LogP contribution in [0, 0.1) is 20.8 Å². The van der Waals surface area contributed by atoms with Gasteiger partial charge in [-0.15, -0.1) is 0 Å². The Morgan fingerprint density at radius 2 is 1.86 bits per heavy atom. The highest BCUT2D eigenvalue weighted by Crippen LogP contribution is 2.24. The van der Waals surface area contributed by atoms with E-state index in [-0.39, 0.29) is 6.17 Å². The maximum Gasteiger partial charge on any atom is 0.145 e. The Balaban J connectivity index is 2.14. The molecule has 1 aliphatic heterocycles. The molecule has 0 saturated heterocycles. The number of nitrogens with one attached hydrogen (secondary N) is 1. The molecular weight excluding hydrogens is 270 g/mol. The fraction of sp³-hybridized carbons (Fsp3) is 0.368. The molecule has 0 fully saturated rings. The number of aromatic nitrogens is 1. The SMILES string of the molecule is Cc1cc(C)c(C)c(C2N=c3cncc(C(C)C)c3=CN2)c1. The fourth-order valence-corrected chi connectivity index (χ4v) is 3.05. The van der Waals surface area contributed by atoms with E-state index in [0.29, 0.717) is 5.92 Å². The third-order valence-corrected chi connectivity index (χ3v) is 4.42. The zero-order valence-electron chi connectivity index (χ0n) is 13.9. The Labute approximate surface area is 131 Å². The molecule has 1 unspecified atom stereocenters. The zero-order chi connectivity index (χ0) is 15.9. The molecule has 1 atom stereocenters. The molecule has 3 heteroatoms. The normalized spacial score (nSPS) is 16.5. The molecule has 22 heavy (non-hydrogen) atoms. The van der Waals surface area contributed by atoms with Crippen molar-refractivity contribution in [2.75, 3.05) is 0 Å². The van der Waals surface area contributed by atoms with Gasteiger partial charge in [0.25, 0.3) is 0 Å². The molecule has 1 N–H and O–H groups in total. The zero-order valence-corrected chi connectivity index (χ0v) is 13.9. The molecule has 2 heterocycles. The fourth-order valence-electron chi connectivity index (χ4n) is 3.05. The summed E-state index contributed by atoms with van der Waals surface area (Å²) in [5, 5.41) is 5.61. The van der Waals surface area contributed by atoms with Gasteiger partial charge in [0.1, 0.15) is 6.17 Å². The van der Waals surface area contributed by atoms with Gasteiger partial charge in [0.05, 0.1) is 11.6 Å². The molecule has 3 rings (SSSR count). The second kappa shape index (κ2) is 5.56. The van der Waals surface area contributed by atoms with Crippen molar-refractivity contribution < 1.29 is 0 Å². The summed E-state index contributed by atoms with van der Waals surface area (Å²) in [6.07, 6.45) is 5.87. The van der Waals surface area contributed by atoms with Crippen LogP contribution in [0.1, 0.15) is 53.7 Å². The van der Waals surface area contributed by atoms with Crippen molar-refractivity contribution in [1.29, 1.82) is 0 Å². The molecule has 0 aliphatic carbocycles. The lowest BCUT2D eigenvalue weighted by atomic mass is 9.97. The minimum atomic E-state index is -0.0321. The molecular formula is C19H23N3. The molecule has 0 amide bonds. The van der Waals surface area contributed by atoms with Crippen molar-refractivity contribution in [3.8, 4) is 0 Å². The van der Waals surface area contributed by atoms with Crippen LogP contribution in [-0.4, -0.2) is 4.98 Å². The van der Waals surface area contributed by atoms with Crippen LogP contribution in [0.25, 0.3) is 6.20 Å². The molecule has 0 saturated carbocycles. The number of fused-ring (bicyclic) bond motifs is 1. The van der Waals surface area contributed by atoms with Gasteiger partial charge in [0.15, 0.2) is 0 Å². The third-order valence-electron chi connectivity index (χ3n) is 4.42. The van der Waals surface area contributed by atoms with Crippen molar-refractivity contribution in [2.24, 2.45) is 4.99 Å². The number of hydrogen-bond acceptors (Lipinski definition) is 3. The molecule has 2 aromatic rings. The van der Waals surface area contributed by atoms with Crippen LogP contribution in [0.3, 0.4) is 0 Å². The first-order chi connectivity index (χ1) is 10.5. The quantitative estimate of drug-likeness (QED) is 0.924. The van der Waals surface area contributed by atoms with E-state index in [9.17, 15) is 0 Å². The summed E-state index contributed by atoms with van der Waals surface area (Å²) >= 11 is 0. The van der Waals surface area contributed by atoms with Crippen LogP contribution in [0.5, 0.6) is 0 Å². The van der Waals surface area contributed by atoms with E-state index in [1.807, 2.05) is 12.4 Å². The van der Waals surface area contributed by atoms with Crippen LogP contribution in [0.15, 0.2) is 29.5 Å². The van der Waals surface area contributed by atoms with Crippen LogP contribution >= 0.6 is 0 Å². The molecule has 1 aliphatic rings. The van der Waals surface area contributed by atoms with Gasteiger partial charge < -0.3 is 5.32 Å². The summed E-state index contributed by atoms with van der Waals surface area (Å²) in [6, 6.07) is 4.44. The first-order valence-corrected chi connectivity index (χ1v) is 7.83. The predicted molar refractivity (Wildman–Crippen MR) is 90.1 cm³/mol. The molecule has 114 valence electrons. The Morgan fingerprint density at radius 1 is 1.09 bits per heavy atom. The Bertz CT molecular complexity index is 834. The summed E-state index contributed by atoms with van der Waals surface area (Å²) in [4.78, 5) is 9.26. The Kier molecular flexibility index (Phi) is 3.73. The standard InChI is InChI=1S/C19H23N3/c1-11(2)16-8-20-10-18-17(16)9-21-19(22-18)15-7-12(3)6-13(4)14(15)5/h6-11,19,21H,1-5H3. The second-order valence-electron chi connectivity index (χ2n) is 6.45. The number of rotatable bonds is 2. The minimum absolute atomic E-state index is 0.0321. The van der Waals surface area contributed by atoms with Gasteiger partial charge in [-0.1, -0.05) is 31.5 Å². The molecule has 0 radical (unpaired) electrons. The van der Waals surface area contributed by atoms with Gasteiger partial charge in [-0.25, -0.2) is 0 Å². The predicted octanol–water partition coefficient (Wildman–Crippen LogP) is 2.79. The van der Waals surface area contributed by atoms with Gasteiger partial charge in [-0.2, -0.15) is 0 Å².